The molecule has 0 saturated carbocycles. The molecule has 1 atom stereocenters. The zero-order valence-corrected chi connectivity index (χ0v) is 14.5. The van der Waals surface area contributed by atoms with E-state index in [-0.39, 0.29) is 29.9 Å². The van der Waals surface area contributed by atoms with Gasteiger partial charge in [0.15, 0.2) is 6.29 Å². The van der Waals surface area contributed by atoms with Crippen LogP contribution in [-0.2, 0) is 0 Å². The van der Waals surface area contributed by atoms with Crippen LogP contribution >= 0.6 is 0 Å². The summed E-state index contributed by atoms with van der Waals surface area (Å²) in [5.74, 6) is 0.0888. The first kappa shape index (κ1) is 17.9. The number of ether oxygens (including phenoxy) is 1. The van der Waals surface area contributed by atoms with Crippen molar-refractivity contribution in [1.82, 2.24) is 15.2 Å². The Balaban J connectivity index is 1.76. The van der Waals surface area contributed by atoms with E-state index >= 15 is 0 Å². The zero-order valence-electron chi connectivity index (χ0n) is 14.5. The average Bonchev–Trinajstić information content (AvgIpc) is 2.66. The second-order valence-electron chi connectivity index (χ2n) is 6.11. The zero-order chi connectivity index (χ0) is 18.5. The maximum atomic E-state index is 12.9. The van der Waals surface area contributed by atoms with Gasteiger partial charge in [0, 0.05) is 31.5 Å². The molecule has 3 rings (SSSR count). The van der Waals surface area contributed by atoms with E-state index in [4.69, 9.17) is 4.74 Å². The van der Waals surface area contributed by atoms with E-state index < -0.39 is 0 Å². The van der Waals surface area contributed by atoms with Crippen LogP contribution in [-0.4, -0.2) is 59.5 Å². The number of pyridine rings is 1. The third kappa shape index (κ3) is 3.67. The summed E-state index contributed by atoms with van der Waals surface area (Å²) < 4.78 is 5.75. The molecule has 7 heteroatoms. The molecular formula is C19H21N3O4. The molecule has 0 bridgehead atoms. The predicted molar refractivity (Wildman–Crippen MR) is 95.7 cm³/mol. The van der Waals surface area contributed by atoms with Crippen LogP contribution in [0.15, 0.2) is 36.5 Å². The number of phenols is 1. The molecular weight excluding hydrogens is 334 g/mol. The van der Waals surface area contributed by atoms with Crippen LogP contribution in [0.3, 0.4) is 0 Å². The topological polar surface area (TPSA) is 91.8 Å². The Kier molecular flexibility index (Phi) is 5.48. The second-order valence-corrected chi connectivity index (χ2v) is 6.11. The first-order chi connectivity index (χ1) is 12.6. The number of amides is 1. The van der Waals surface area contributed by atoms with Crippen molar-refractivity contribution in [3.8, 4) is 11.5 Å². The number of nitrogens with zero attached hydrogens (tertiary/aromatic N) is 2. The van der Waals surface area contributed by atoms with Crippen LogP contribution in [0.4, 0.5) is 0 Å². The molecule has 2 heterocycles. The predicted octanol–water partition coefficient (Wildman–Crippen LogP) is 1.40. The number of aromatic nitrogens is 1. The highest BCUT2D eigenvalue weighted by molar-refractivity contribution is 5.95. The minimum Gasteiger partial charge on any atom is -0.507 e. The smallest absolute Gasteiger partial charge is 0.256 e. The number of aldehydes is 1. The minimum absolute atomic E-state index is 0.0859. The van der Waals surface area contributed by atoms with Gasteiger partial charge in [-0.05, 0) is 31.2 Å². The minimum atomic E-state index is -0.197. The summed E-state index contributed by atoms with van der Waals surface area (Å²) in [5.41, 5.74) is 1.37. The highest BCUT2D eigenvalue weighted by Crippen LogP contribution is 2.26. The number of hydrogen-bond donors (Lipinski definition) is 2. The molecule has 26 heavy (non-hydrogen) atoms. The van der Waals surface area contributed by atoms with Crippen molar-refractivity contribution in [2.24, 2.45) is 0 Å². The van der Waals surface area contributed by atoms with Crippen LogP contribution in [0.5, 0.6) is 11.5 Å². The summed E-state index contributed by atoms with van der Waals surface area (Å²) in [6.45, 7) is 3.86. The Bertz CT molecular complexity index is 809. The SMILES string of the molecule is Cc1ncccc1C(=O)N1CCNC[C@H]1COc1cccc(O)c1C=O. The van der Waals surface area contributed by atoms with Gasteiger partial charge in [0.25, 0.3) is 5.91 Å². The molecule has 136 valence electrons. The molecule has 0 spiro atoms. The number of phenolic OH excluding ortho intramolecular Hbond substituents is 1. The van der Waals surface area contributed by atoms with Gasteiger partial charge in [0.2, 0.25) is 0 Å². The van der Waals surface area contributed by atoms with E-state index in [1.165, 1.54) is 6.07 Å². The van der Waals surface area contributed by atoms with E-state index in [1.807, 2.05) is 6.92 Å². The van der Waals surface area contributed by atoms with Gasteiger partial charge in [-0.25, -0.2) is 0 Å². The summed E-state index contributed by atoms with van der Waals surface area (Å²) in [5, 5.41) is 13.0. The molecule has 2 N–H and O–H groups in total. The first-order valence-corrected chi connectivity index (χ1v) is 8.45. The van der Waals surface area contributed by atoms with E-state index in [0.717, 1.165) is 0 Å². The average molecular weight is 355 g/mol. The Morgan fingerprint density at radius 3 is 3.04 bits per heavy atom. The van der Waals surface area contributed by atoms with Crippen LogP contribution in [0.1, 0.15) is 26.4 Å². The number of benzene rings is 1. The first-order valence-electron chi connectivity index (χ1n) is 8.45. The quantitative estimate of drug-likeness (QED) is 0.788. The van der Waals surface area contributed by atoms with Gasteiger partial charge in [0.05, 0.1) is 17.2 Å². The van der Waals surface area contributed by atoms with Crippen molar-refractivity contribution < 1.29 is 19.4 Å². The Morgan fingerprint density at radius 2 is 2.27 bits per heavy atom. The fraction of sp³-hybridized carbons (Fsp3) is 0.316. The van der Waals surface area contributed by atoms with Crippen LogP contribution in [0, 0.1) is 6.92 Å². The van der Waals surface area contributed by atoms with E-state index in [2.05, 4.69) is 10.3 Å². The van der Waals surface area contributed by atoms with E-state index in [0.29, 0.717) is 42.9 Å². The standard InChI is InChI=1S/C19H21N3O4/c1-13-15(4-3-7-21-13)19(25)22-9-8-20-10-14(22)12-26-18-6-2-5-17(24)16(18)11-23/h2-7,11,14,20,24H,8-10,12H2,1H3/t14-/m0/s1. The number of rotatable bonds is 5. The number of hydrogen-bond acceptors (Lipinski definition) is 6. The molecule has 1 aliphatic rings. The highest BCUT2D eigenvalue weighted by Gasteiger charge is 2.29. The number of piperazine rings is 1. The summed E-state index contributed by atoms with van der Waals surface area (Å²) in [6, 6.07) is 7.98. The summed E-state index contributed by atoms with van der Waals surface area (Å²) in [6.07, 6.45) is 2.22. The number of aromatic hydroxyl groups is 1. The van der Waals surface area contributed by atoms with E-state index in [1.54, 1.807) is 35.4 Å². The molecule has 1 aromatic carbocycles. The second kappa shape index (κ2) is 7.97. The van der Waals surface area contributed by atoms with Crippen LogP contribution in [0.2, 0.25) is 0 Å². The van der Waals surface area contributed by atoms with Crippen LogP contribution in [0.25, 0.3) is 0 Å². The van der Waals surface area contributed by atoms with Gasteiger partial charge < -0.3 is 20.1 Å². The normalized spacial score (nSPS) is 17.0. The number of aryl methyl sites for hydroxylation is 1. The monoisotopic (exact) mass is 355 g/mol. The lowest BCUT2D eigenvalue weighted by molar-refractivity contribution is 0.0556. The van der Waals surface area contributed by atoms with Crippen molar-refractivity contribution in [2.75, 3.05) is 26.2 Å². The lowest BCUT2D eigenvalue weighted by Crippen LogP contribution is -2.56. The summed E-state index contributed by atoms with van der Waals surface area (Å²) in [7, 11) is 0. The Morgan fingerprint density at radius 1 is 1.42 bits per heavy atom. The summed E-state index contributed by atoms with van der Waals surface area (Å²) >= 11 is 0. The lowest BCUT2D eigenvalue weighted by atomic mass is 10.1. The third-order valence-electron chi connectivity index (χ3n) is 4.44. The molecule has 1 saturated heterocycles. The van der Waals surface area contributed by atoms with Gasteiger partial charge in [-0.3, -0.25) is 14.6 Å². The number of carbonyl (C=O) groups excluding carboxylic acids is 2. The third-order valence-corrected chi connectivity index (χ3v) is 4.44. The van der Waals surface area contributed by atoms with Crippen molar-refractivity contribution >= 4 is 12.2 Å². The van der Waals surface area contributed by atoms with Gasteiger partial charge >= 0.3 is 0 Å². The Hall–Kier alpha value is -2.93. The van der Waals surface area contributed by atoms with Gasteiger partial charge in [-0.2, -0.15) is 0 Å². The molecule has 1 aromatic heterocycles. The molecule has 1 fully saturated rings. The van der Waals surface area contributed by atoms with Gasteiger partial charge in [-0.15, -0.1) is 0 Å². The molecule has 1 amide bonds. The van der Waals surface area contributed by atoms with Crippen molar-refractivity contribution in [2.45, 2.75) is 13.0 Å². The maximum absolute atomic E-state index is 12.9. The van der Waals surface area contributed by atoms with Crippen molar-refractivity contribution in [1.29, 1.82) is 0 Å². The molecule has 0 unspecified atom stereocenters. The molecule has 2 aromatic rings. The number of carbonyl (C=O) groups is 2. The fourth-order valence-corrected chi connectivity index (χ4v) is 3.00. The van der Waals surface area contributed by atoms with Crippen molar-refractivity contribution in [3.05, 3.63) is 53.3 Å². The lowest BCUT2D eigenvalue weighted by Gasteiger charge is -2.36. The fourth-order valence-electron chi connectivity index (χ4n) is 3.00. The van der Waals surface area contributed by atoms with Gasteiger partial charge in [0.1, 0.15) is 18.1 Å². The largest absolute Gasteiger partial charge is 0.507 e. The molecule has 0 aliphatic carbocycles. The van der Waals surface area contributed by atoms with E-state index in [9.17, 15) is 14.7 Å². The van der Waals surface area contributed by atoms with Crippen molar-refractivity contribution in [3.63, 3.8) is 0 Å². The maximum Gasteiger partial charge on any atom is 0.256 e. The molecule has 0 radical (unpaired) electrons. The van der Waals surface area contributed by atoms with Gasteiger partial charge in [-0.1, -0.05) is 6.07 Å². The highest BCUT2D eigenvalue weighted by atomic mass is 16.5. The van der Waals surface area contributed by atoms with Crippen LogP contribution < -0.4 is 10.1 Å². The number of nitrogens with one attached hydrogen (secondary N) is 1. The Labute approximate surface area is 151 Å². The molecule has 1 aliphatic heterocycles. The summed E-state index contributed by atoms with van der Waals surface area (Å²) in [4.78, 5) is 30.0. The molecule has 7 nitrogen and oxygen atoms in total.